The first kappa shape index (κ1) is 23.3. The third-order valence-corrected chi connectivity index (χ3v) is 3.68. The van der Waals surface area contributed by atoms with Crippen LogP contribution in [0.1, 0.15) is 42.4 Å². The van der Waals surface area contributed by atoms with Gasteiger partial charge in [0.15, 0.2) is 0 Å². The van der Waals surface area contributed by atoms with E-state index in [0.29, 0.717) is 25.0 Å². The molecule has 5 nitrogen and oxygen atoms in total. The van der Waals surface area contributed by atoms with Gasteiger partial charge in [0.05, 0.1) is 23.6 Å². The summed E-state index contributed by atoms with van der Waals surface area (Å²) in [7, 11) is 0. The van der Waals surface area contributed by atoms with Crippen molar-refractivity contribution < 1.29 is 41.0 Å². The number of nitrogens with one attached hydrogen (secondary N) is 1. The lowest BCUT2D eigenvalue weighted by molar-refractivity contribution is -0.143. The SMILES string of the molecule is N#CCCCC[C@@H](NC(=O)Cc1cc(C(F)(F)F)cc(C(F)(F)F)c1)C(=O)O. The van der Waals surface area contributed by atoms with E-state index in [4.69, 9.17) is 10.4 Å². The molecule has 0 heterocycles. The second kappa shape index (κ2) is 9.43. The number of nitrogens with zero attached hydrogens (tertiary/aromatic N) is 1. The van der Waals surface area contributed by atoms with Crippen LogP contribution in [-0.4, -0.2) is 23.0 Å². The van der Waals surface area contributed by atoms with Crippen molar-refractivity contribution in [3.63, 3.8) is 0 Å². The molecule has 1 atom stereocenters. The number of carbonyl (C=O) groups excluding carboxylic acids is 1. The standard InChI is InChI=1S/C17H16F6N2O3/c18-16(19,20)11-6-10(7-12(9-11)17(21,22)23)8-14(26)25-13(15(27)28)4-2-1-3-5-24/h6-7,9,13H,1-4,8H2,(H,25,26)(H,27,28)/t13-/m1/s1. The molecule has 0 saturated carbocycles. The highest BCUT2D eigenvalue weighted by molar-refractivity contribution is 5.84. The molecule has 1 amide bonds. The number of carboxylic acid groups (broad SMARTS) is 1. The molecule has 1 rings (SSSR count). The Morgan fingerprint density at radius 3 is 2.00 bits per heavy atom. The van der Waals surface area contributed by atoms with E-state index >= 15 is 0 Å². The first-order valence-corrected chi connectivity index (χ1v) is 8.02. The summed E-state index contributed by atoms with van der Waals surface area (Å²) in [6.45, 7) is 0. The van der Waals surface area contributed by atoms with Crippen LogP contribution < -0.4 is 5.32 Å². The molecule has 0 bridgehead atoms. The molecule has 0 saturated heterocycles. The molecule has 0 aromatic heterocycles. The lowest BCUT2D eigenvalue weighted by Gasteiger charge is -2.16. The number of alkyl halides is 6. The highest BCUT2D eigenvalue weighted by Crippen LogP contribution is 2.36. The van der Waals surface area contributed by atoms with Gasteiger partial charge in [-0.3, -0.25) is 4.79 Å². The number of hydrogen-bond acceptors (Lipinski definition) is 3. The summed E-state index contributed by atoms with van der Waals surface area (Å²) in [6, 6.07) is 1.27. The minimum absolute atomic E-state index is 0.0286. The van der Waals surface area contributed by atoms with E-state index in [1.165, 1.54) is 0 Å². The molecule has 0 spiro atoms. The largest absolute Gasteiger partial charge is 0.480 e. The maximum Gasteiger partial charge on any atom is 0.416 e. The highest BCUT2D eigenvalue weighted by Gasteiger charge is 2.37. The highest BCUT2D eigenvalue weighted by atomic mass is 19.4. The van der Waals surface area contributed by atoms with E-state index in [1.807, 2.05) is 6.07 Å². The quantitative estimate of drug-likeness (QED) is 0.502. The fourth-order valence-corrected chi connectivity index (χ4v) is 2.36. The van der Waals surface area contributed by atoms with E-state index in [2.05, 4.69) is 5.32 Å². The maximum absolute atomic E-state index is 12.8. The Morgan fingerprint density at radius 2 is 1.57 bits per heavy atom. The van der Waals surface area contributed by atoms with Crippen LogP contribution in [0.2, 0.25) is 0 Å². The van der Waals surface area contributed by atoms with Crippen molar-refractivity contribution in [2.45, 2.75) is 50.5 Å². The molecule has 0 aliphatic heterocycles. The summed E-state index contributed by atoms with van der Waals surface area (Å²) < 4.78 is 76.9. The zero-order chi connectivity index (χ0) is 21.5. The summed E-state index contributed by atoms with van der Waals surface area (Å²) in [4.78, 5) is 23.1. The average molecular weight is 410 g/mol. The predicted molar refractivity (Wildman–Crippen MR) is 83.8 cm³/mol. The van der Waals surface area contributed by atoms with Crippen molar-refractivity contribution in [3.8, 4) is 6.07 Å². The smallest absolute Gasteiger partial charge is 0.416 e. The summed E-state index contributed by atoms with van der Waals surface area (Å²) in [5.41, 5.74) is -3.67. The number of hydrogen-bond donors (Lipinski definition) is 2. The van der Waals surface area contributed by atoms with Gasteiger partial charge in [-0.15, -0.1) is 0 Å². The van der Waals surface area contributed by atoms with Gasteiger partial charge in [-0.1, -0.05) is 0 Å². The lowest BCUT2D eigenvalue weighted by atomic mass is 10.0. The Hall–Kier alpha value is -2.77. The van der Waals surface area contributed by atoms with Crippen molar-refractivity contribution in [3.05, 3.63) is 34.9 Å². The minimum atomic E-state index is -5.04. The monoisotopic (exact) mass is 410 g/mol. The third kappa shape index (κ3) is 7.46. The molecular weight excluding hydrogens is 394 g/mol. The van der Waals surface area contributed by atoms with Gasteiger partial charge >= 0.3 is 18.3 Å². The van der Waals surface area contributed by atoms with Crippen LogP contribution in [0.3, 0.4) is 0 Å². The van der Waals surface area contributed by atoms with E-state index in [9.17, 15) is 35.9 Å². The van der Waals surface area contributed by atoms with Crippen LogP contribution in [-0.2, 0) is 28.4 Å². The van der Waals surface area contributed by atoms with Crippen molar-refractivity contribution >= 4 is 11.9 Å². The normalized spacial score (nSPS) is 12.9. The van der Waals surface area contributed by atoms with E-state index in [0.717, 1.165) is 0 Å². The molecular formula is C17H16F6N2O3. The Kier molecular flexibility index (Phi) is 7.84. The minimum Gasteiger partial charge on any atom is -0.480 e. The maximum atomic E-state index is 12.8. The van der Waals surface area contributed by atoms with Gasteiger partial charge in [-0.2, -0.15) is 31.6 Å². The van der Waals surface area contributed by atoms with Crippen molar-refractivity contribution in [1.29, 1.82) is 5.26 Å². The number of benzene rings is 1. The molecule has 0 fully saturated rings. The van der Waals surface area contributed by atoms with Gasteiger partial charge in [0, 0.05) is 6.42 Å². The Morgan fingerprint density at radius 1 is 1.04 bits per heavy atom. The number of carbonyl (C=O) groups is 2. The Labute approximate surface area is 155 Å². The van der Waals surface area contributed by atoms with Gasteiger partial charge in [0.1, 0.15) is 6.04 Å². The van der Waals surface area contributed by atoms with Crippen molar-refractivity contribution in [2.24, 2.45) is 0 Å². The number of amides is 1. The van der Waals surface area contributed by atoms with E-state index < -0.39 is 53.4 Å². The molecule has 11 heteroatoms. The zero-order valence-corrected chi connectivity index (χ0v) is 14.3. The second-order valence-electron chi connectivity index (χ2n) is 5.95. The van der Waals surface area contributed by atoms with E-state index in [-0.39, 0.29) is 18.9 Å². The molecule has 2 N–H and O–H groups in total. The summed E-state index contributed by atoms with van der Waals surface area (Å²) in [5, 5.41) is 19.6. The zero-order valence-electron chi connectivity index (χ0n) is 14.3. The first-order chi connectivity index (χ1) is 12.8. The fourth-order valence-electron chi connectivity index (χ4n) is 2.36. The van der Waals surface area contributed by atoms with Crippen LogP contribution in [0.25, 0.3) is 0 Å². The number of nitriles is 1. The molecule has 28 heavy (non-hydrogen) atoms. The van der Waals surface area contributed by atoms with Crippen LogP contribution in [0.4, 0.5) is 26.3 Å². The van der Waals surface area contributed by atoms with Crippen LogP contribution >= 0.6 is 0 Å². The van der Waals surface area contributed by atoms with Gasteiger partial charge < -0.3 is 10.4 Å². The number of halogens is 6. The molecule has 0 aliphatic rings. The number of carboxylic acids is 1. The van der Waals surface area contributed by atoms with Gasteiger partial charge in [0.2, 0.25) is 5.91 Å². The molecule has 1 aromatic carbocycles. The van der Waals surface area contributed by atoms with Gasteiger partial charge in [0.25, 0.3) is 0 Å². The summed E-state index contributed by atoms with van der Waals surface area (Å²) in [5.74, 6) is -2.43. The summed E-state index contributed by atoms with van der Waals surface area (Å²) >= 11 is 0. The Bertz CT molecular complexity index is 720. The van der Waals surface area contributed by atoms with Crippen molar-refractivity contribution in [2.75, 3.05) is 0 Å². The van der Waals surface area contributed by atoms with Crippen molar-refractivity contribution in [1.82, 2.24) is 5.32 Å². The Balaban J connectivity index is 2.94. The molecule has 0 unspecified atom stereocenters. The third-order valence-electron chi connectivity index (χ3n) is 3.68. The van der Waals surface area contributed by atoms with Gasteiger partial charge in [-0.05, 0) is 43.0 Å². The summed E-state index contributed by atoms with van der Waals surface area (Å²) in [6.07, 6.45) is -10.1. The number of aliphatic carboxylic acids is 1. The van der Waals surface area contributed by atoms with Crippen LogP contribution in [0.15, 0.2) is 18.2 Å². The lowest BCUT2D eigenvalue weighted by Crippen LogP contribution is -2.41. The van der Waals surface area contributed by atoms with Crippen LogP contribution in [0.5, 0.6) is 0 Å². The molecule has 0 radical (unpaired) electrons. The predicted octanol–water partition coefficient (Wildman–Crippen LogP) is 3.92. The number of rotatable bonds is 8. The van der Waals surface area contributed by atoms with E-state index in [1.54, 1.807) is 0 Å². The molecule has 1 aromatic rings. The topological polar surface area (TPSA) is 90.2 Å². The molecule has 0 aliphatic carbocycles. The first-order valence-electron chi connectivity index (χ1n) is 8.02. The second-order valence-corrected chi connectivity index (χ2v) is 5.95. The van der Waals surface area contributed by atoms with Crippen LogP contribution in [0, 0.1) is 11.3 Å². The number of unbranched alkanes of at least 4 members (excludes halogenated alkanes) is 2. The molecule has 154 valence electrons. The average Bonchev–Trinajstić information content (AvgIpc) is 2.55. The fraction of sp³-hybridized carbons (Fsp3) is 0.471. The van der Waals surface area contributed by atoms with Gasteiger partial charge in [-0.25, -0.2) is 4.79 Å².